The second-order valence-electron chi connectivity index (χ2n) is 5.27. The first-order chi connectivity index (χ1) is 10.6. The molecule has 0 aliphatic rings. The van der Waals surface area contributed by atoms with E-state index in [1.165, 1.54) is 0 Å². The van der Waals surface area contributed by atoms with Crippen LogP contribution in [0.25, 0.3) is 11.0 Å². The van der Waals surface area contributed by atoms with E-state index >= 15 is 0 Å². The van der Waals surface area contributed by atoms with Crippen molar-refractivity contribution in [2.75, 3.05) is 7.11 Å². The Kier molecular flexibility index (Phi) is 3.73. The van der Waals surface area contributed by atoms with Crippen LogP contribution in [0.15, 0.2) is 48.5 Å². The highest BCUT2D eigenvalue weighted by molar-refractivity contribution is 5.75. The topological polar surface area (TPSA) is 63.2 Å². The van der Waals surface area contributed by atoms with Crippen LogP contribution < -0.4 is 10.4 Å². The fourth-order valence-electron chi connectivity index (χ4n) is 2.67. The maximum Gasteiger partial charge on any atom is 0.202 e. The number of nitrogens with one attached hydrogen (secondary N) is 1. The molecule has 1 atom stereocenters. The number of benzene rings is 2. The number of aryl methyl sites for hydroxylation is 1. The van der Waals surface area contributed by atoms with Gasteiger partial charge in [0.15, 0.2) is 0 Å². The van der Waals surface area contributed by atoms with Gasteiger partial charge in [-0.3, -0.25) is 5.41 Å². The molecule has 2 aromatic carbocycles. The molecular formula is C17H19N3O2. The summed E-state index contributed by atoms with van der Waals surface area (Å²) in [6.07, 6.45) is -0.675. The molecule has 0 bridgehead atoms. The third-order valence-electron chi connectivity index (χ3n) is 3.96. The number of hydrogen-bond acceptors (Lipinski definition) is 3. The van der Waals surface area contributed by atoms with Crippen LogP contribution in [0.1, 0.15) is 11.7 Å². The molecule has 0 saturated carbocycles. The molecule has 114 valence electrons. The normalized spacial score (nSPS) is 12.5. The number of nitrogens with zero attached hydrogens (tertiary/aromatic N) is 2. The Morgan fingerprint density at radius 1 is 1.09 bits per heavy atom. The molecule has 0 amide bonds. The summed E-state index contributed by atoms with van der Waals surface area (Å²) in [6.45, 7) is 0.340. The Balaban J connectivity index is 1.95. The molecule has 0 radical (unpaired) electrons. The van der Waals surface area contributed by atoms with Crippen molar-refractivity contribution < 1.29 is 9.84 Å². The number of aliphatic hydroxyl groups is 1. The van der Waals surface area contributed by atoms with E-state index in [1.807, 2.05) is 64.7 Å². The van der Waals surface area contributed by atoms with Gasteiger partial charge in [-0.2, -0.15) is 0 Å². The lowest BCUT2D eigenvalue weighted by Gasteiger charge is -2.13. The maximum atomic E-state index is 10.5. The first kappa shape index (κ1) is 14.4. The van der Waals surface area contributed by atoms with Gasteiger partial charge in [-0.1, -0.05) is 24.3 Å². The quantitative estimate of drug-likeness (QED) is 0.775. The molecule has 0 saturated heterocycles. The van der Waals surface area contributed by atoms with Crippen LogP contribution in [0, 0.1) is 5.41 Å². The largest absolute Gasteiger partial charge is 0.497 e. The second-order valence-corrected chi connectivity index (χ2v) is 5.27. The first-order valence-electron chi connectivity index (χ1n) is 7.12. The predicted octanol–water partition coefficient (Wildman–Crippen LogP) is 2.20. The van der Waals surface area contributed by atoms with E-state index in [0.29, 0.717) is 12.2 Å². The highest BCUT2D eigenvalue weighted by Gasteiger charge is 2.13. The van der Waals surface area contributed by atoms with Crippen molar-refractivity contribution in [1.29, 1.82) is 5.41 Å². The van der Waals surface area contributed by atoms with E-state index in [4.69, 9.17) is 10.1 Å². The molecular weight excluding hydrogens is 278 g/mol. The fraction of sp³-hybridized carbons (Fsp3) is 0.235. The van der Waals surface area contributed by atoms with Crippen molar-refractivity contribution in [2.45, 2.75) is 12.6 Å². The third-order valence-corrected chi connectivity index (χ3v) is 3.96. The molecule has 1 heterocycles. The van der Waals surface area contributed by atoms with E-state index in [2.05, 4.69) is 0 Å². The summed E-state index contributed by atoms with van der Waals surface area (Å²) in [5.41, 5.74) is 3.10. The summed E-state index contributed by atoms with van der Waals surface area (Å²) in [5.74, 6) is 0.759. The predicted molar refractivity (Wildman–Crippen MR) is 84.7 cm³/mol. The van der Waals surface area contributed by atoms with Crippen LogP contribution in [0.4, 0.5) is 0 Å². The van der Waals surface area contributed by atoms with Crippen molar-refractivity contribution in [3.05, 3.63) is 59.7 Å². The fourth-order valence-corrected chi connectivity index (χ4v) is 2.67. The summed E-state index contributed by atoms with van der Waals surface area (Å²) in [4.78, 5) is 0. The van der Waals surface area contributed by atoms with E-state index in [-0.39, 0.29) is 0 Å². The molecule has 2 N–H and O–H groups in total. The molecule has 0 aliphatic carbocycles. The monoisotopic (exact) mass is 297 g/mol. The standard InChI is InChI=1S/C17H19N3O2/c1-19-14-5-3-4-6-15(14)20(17(19)18)11-16(21)12-7-9-13(22-2)10-8-12/h3-10,16,18,21H,11H2,1-2H3/t16-/m0/s1. The van der Waals surface area contributed by atoms with Crippen LogP contribution in [-0.4, -0.2) is 21.4 Å². The molecule has 0 spiro atoms. The summed E-state index contributed by atoms with van der Waals surface area (Å²) in [6, 6.07) is 15.2. The van der Waals surface area contributed by atoms with Crippen molar-refractivity contribution in [3.8, 4) is 5.75 Å². The van der Waals surface area contributed by atoms with Gasteiger partial charge < -0.3 is 19.0 Å². The highest BCUT2D eigenvalue weighted by atomic mass is 16.5. The number of fused-ring (bicyclic) bond motifs is 1. The van der Waals surface area contributed by atoms with Crippen molar-refractivity contribution in [3.63, 3.8) is 0 Å². The Morgan fingerprint density at radius 3 is 2.36 bits per heavy atom. The second kappa shape index (κ2) is 5.69. The van der Waals surface area contributed by atoms with Gasteiger partial charge in [-0.15, -0.1) is 0 Å². The first-order valence-corrected chi connectivity index (χ1v) is 7.12. The van der Waals surface area contributed by atoms with Crippen LogP contribution in [0.2, 0.25) is 0 Å². The Hall–Kier alpha value is -2.53. The van der Waals surface area contributed by atoms with Gasteiger partial charge in [0.2, 0.25) is 5.62 Å². The molecule has 0 aliphatic heterocycles. The molecule has 0 unspecified atom stereocenters. The summed E-state index contributed by atoms with van der Waals surface area (Å²) >= 11 is 0. The minimum atomic E-state index is -0.675. The number of methoxy groups -OCH3 is 1. The zero-order valence-electron chi connectivity index (χ0n) is 12.7. The lowest BCUT2D eigenvalue weighted by Crippen LogP contribution is -2.25. The number of ether oxygens (including phenoxy) is 1. The van der Waals surface area contributed by atoms with E-state index < -0.39 is 6.10 Å². The van der Waals surface area contributed by atoms with Gasteiger partial charge in [0.05, 0.1) is 30.8 Å². The number of imidazole rings is 1. The zero-order chi connectivity index (χ0) is 15.7. The van der Waals surface area contributed by atoms with Crippen LogP contribution in [-0.2, 0) is 13.6 Å². The third kappa shape index (κ3) is 2.40. The molecule has 3 rings (SSSR count). The Morgan fingerprint density at radius 2 is 1.73 bits per heavy atom. The average molecular weight is 297 g/mol. The van der Waals surface area contributed by atoms with Crippen LogP contribution >= 0.6 is 0 Å². The minimum Gasteiger partial charge on any atom is -0.497 e. The van der Waals surface area contributed by atoms with E-state index in [9.17, 15) is 5.11 Å². The smallest absolute Gasteiger partial charge is 0.202 e. The Bertz CT molecular complexity index is 846. The molecule has 5 heteroatoms. The lowest BCUT2D eigenvalue weighted by molar-refractivity contribution is 0.155. The van der Waals surface area contributed by atoms with E-state index in [0.717, 1.165) is 22.3 Å². The molecule has 1 aromatic heterocycles. The summed E-state index contributed by atoms with van der Waals surface area (Å²) in [5, 5.41) is 18.7. The van der Waals surface area contributed by atoms with Crippen LogP contribution in [0.5, 0.6) is 5.75 Å². The molecule has 0 fully saturated rings. The average Bonchev–Trinajstić information content (AvgIpc) is 2.80. The highest BCUT2D eigenvalue weighted by Crippen LogP contribution is 2.20. The number of hydrogen-bond donors (Lipinski definition) is 2. The summed E-state index contributed by atoms with van der Waals surface area (Å²) < 4.78 is 8.77. The van der Waals surface area contributed by atoms with Crippen molar-refractivity contribution in [2.24, 2.45) is 7.05 Å². The minimum absolute atomic E-state index is 0.340. The number of aliphatic hydroxyl groups excluding tert-OH is 1. The van der Waals surface area contributed by atoms with Gasteiger partial charge in [0.25, 0.3) is 0 Å². The molecule has 3 aromatic rings. The van der Waals surface area contributed by atoms with Gasteiger partial charge in [-0.05, 0) is 29.8 Å². The van der Waals surface area contributed by atoms with E-state index in [1.54, 1.807) is 7.11 Å². The molecule has 5 nitrogen and oxygen atoms in total. The van der Waals surface area contributed by atoms with Gasteiger partial charge >= 0.3 is 0 Å². The van der Waals surface area contributed by atoms with Crippen molar-refractivity contribution >= 4 is 11.0 Å². The number of para-hydroxylation sites is 2. The molecule has 22 heavy (non-hydrogen) atoms. The lowest BCUT2D eigenvalue weighted by atomic mass is 10.1. The zero-order valence-corrected chi connectivity index (χ0v) is 12.7. The number of aromatic nitrogens is 2. The Labute approximate surface area is 128 Å². The van der Waals surface area contributed by atoms with Crippen molar-refractivity contribution in [1.82, 2.24) is 9.13 Å². The summed E-state index contributed by atoms with van der Waals surface area (Å²) in [7, 11) is 3.48. The van der Waals surface area contributed by atoms with Crippen LogP contribution in [0.3, 0.4) is 0 Å². The van der Waals surface area contributed by atoms with Gasteiger partial charge in [-0.25, -0.2) is 0 Å². The maximum absolute atomic E-state index is 10.5. The number of rotatable bonds is 4. The van der Waals surface area contributed by atoms with Gasteiger partial charge in [0, 0.05) is 7.05 Å². The van der Waals surface area contributed by atoms with Gasteiger partial charge in [0.1, 0.15) is 5.75 Å². The SMILES string of the molecule is COc1ccc([C@@H](O)Cn2c(=N)n(C)c3ccccc32)cc1.